The molecule has 2 heteroatoms. The van der Waals surface area contributed by atoms with Crippen molar-refractivity contribution < 1.29 is 4.74 Å². The van der Waals surface area contributed by atoms with Gasteiger partial charge in [-0.3, -0.25) is 0 Å². The molecule has 1 aliphatic rings. The van der Waals surface area contributed by atoms with Gasteiger partial charge in [0, 0.05) is 5.92 Å². The van der Waals surface area contributed by atoms with Gasteiger partial charge in [0.05, 0.1) is 7.11 Å². The third-order valence-corrected chi connectivity index (χ3v) is 3.58. The molecule has 1 aromatic rings. The fraction of sp³-hybridized carbons (Fsp3) is 0.538. The first-order chi connectivity index (χ1) is 7.10. The Bertz CT molecular complexity index is 371. The first-order valence-corrected chi connectivity index (χ1v) is 5.46. The van der Waals surface area contributed by atoms with E-state index in [1.54, 1.807) is 7.11 Å². The van der Waals surface area contributed by atoms with Gasteiger partial charge in [-0.1, -0.05) is 26.0 Å². The molecule has 0 bridgehead atoms. The quantitative estimate of drug-likeness (QED) is 0.804. The Labute approximate surface area is 91.4 Å². The first-order valence-electron chi connectivity index (χ1n) is 5.46. The highest BCUT2D eigenvalue weighted by Crippen LogP contribution is 2.48. The molecule has 0 heterocycles. The zero-order valence-electron chi connectivity index (χ0n) is 9.71. The number of fused-ring (bicyclic) bond motifs is 1. The number of rotatable bonds is 2. The molecule has 1 unspecified atom stereocenters. The maximum atomic E-state index is 5.87. The van der Waals surface area contributed by atoms with Gasteiger partial charge in [-0.2, -0.15) is 0 Å². The van der Waals surface area contributed by atoms with Gasteiger partial charge in [0.2, 0.25) is 0 Å². The molecule has 2 rings (SSSR count). The Morgan fingerprint density at radius 3 is 2.80 bits per heavy atom. The van der Waals surface area contributed by atoms with Crippen LogP contribution in [0.4, 0.5) is 0 Å². The molecule has 1 atom stereocenters. The van der Waals surface area contributed by atoms with E-state index in [1.807, 2.05) is 6.07 Å². The lowest BCUT2D eigenvalue weighted by Crippen LogP contribution is -2.24. The highest BCUT2D eigenvalue weighted by atomic mass is 16.5. The van der Waals surface area contributed by atoms with Crippen LogP contribution in [0.1, 0.15) is 30.9 Å². The molecule has 0 amide bonds. The fourth-order valence-corrected chi connectivity index (χ4v) is 2.74. The van der Waals surface area contributed by atoms with E-state index in [0.717, 1.165) is 12.2 Å². The molecule has 0 fully saturated rings. The topological polar surface area (TPSA) is 35.2 Å². The molecule has 0 aromatic heterocycles. The minimum Gasteiger partial charge on any atom is -0.496 e. The molecule has 0 spiro atoms. The lowest BCUT2D eigenvalue weighted by atomic mass is 9.80. The predicted molar refractivity (Wildman–Crippen MR) is 62.3 cm³/mol. The number of ether oxygens (including phenoxy) is 1. The monoisotopic (exact) mass is 205 g/mol. The molecular weight excluding hydrogens is 186 g/mol. The summed E-state index contributed by atoms with van der Waals surface area (Å²) in [6.07, 6.45) is 1.06. The van der Waals surface area contributed by atoms with E-state index in [2.05, 4.69) is 26.0 Å². The molecule has 0 saturated carbocycles. The van der Waals surface area contributed by atoms with Crippen LogP contribution in [0.3, 0.4) is 0 Å². The number of methoxy groups -OCH3 is 1. The molecule has 0 saturated heterocycles. The zero-order valence-corrected chi connectivity index (χ0v) is 9.71. The molecule has 2 N–H and O–H groups in total. The van der Waals surface area contributed by atoms with E-state index in [0.29, 0.717) is 12.5 Å². The van der Waals surface area contributed by atoms with Crippen molar-refractivity contribution >= 4 is 0 Å². The van der Waals surface area contributed by atoms with Gasteiger partial charge in [-0.15, -0.1) is 0 Å². The Morgan fingerprint density at radius 2 is 2.20 bits per heavy atom. The largest absolute Gasteiger partial charge is 0.496 e. The summed E-state index contributed by atoms with van der Waals surface area (Å²) in [5.74, 6) is 1.47. The average Bonchev–Trinajstić information content (AvgIpc) is 2.46. The molecule has 0 aliphatic heterocycles. The van der Waals surface area contributed by atoms with Gasteiger partial charge in [0.25, 0.3) is 0 Å². The third kappa shape index (κ3) is 1.53. The van der Waals surface area contributed by atoms with Crippen molar-refractivity contribution in [3.63, 3.8) is 0 Å². The van der Waals surface area contributed by atoms with Gasteiger partial charge in [-0.05, 0) is 35.6 Å². The summed E-state index contributed by atoms with van der Waals surface area (Å²) in [5.41, 5.74) is 8.86. The molecular formula is C13H19NO. The summed E-state index contributed by atoms with van der Waals surface area (Å²) in [6.45, 7) is 5.28. The fourth-order valence-electron chi connectivity index (χ4n) is 2.74. The van der Waals surface area contributed by atoms with Gasteiger partial charge >= 0.3 is 0 Å². The van der Waals surface area contributed by atoms with Crippen molar-refractivity contribution in [2.24, 2.45) is 11.1 Å². The second-order valence-corrected chi connectivity index (χ2v) is 4.98. The molecule has 82 valence electrons. The van der Waals surface area contributed by atoms with E-state index in [-0.39, 0.29) is 5.41 Å². The van der Waals surface area contributed by atoms with Crippen LogP contribution in [0.2, 0.25) is 0 Å². The lowest BCUT2D eigenvalue weighted by Gasteiger charge is -2.26. The summed E-state index contributed by atoms with van der Waals surface area (Å²) >= 11 is 0. The van der Waals surface area contributed by atoms with Crippen molar-refractivity contribution in [1.82, 2.24) is 0 Å². The minimum absolute atomic E-state index is 0.256. The van der Waals surface area contributed by atoms with Crippen LogP contribution in [0.15, 0.2) is 18.2 Å². The maximum Gasteiger partial charge on any atom is 0.122 e. The summed E-state index contributed by atoms with van der Waals surface area (Å²) in [7, 11) is 1.73. The van der Waals surface area contributed by atoms with Crippen LogP contribution >= 0.6 is 0 Å². The van der Waals surface area contributed by atoms with E-state index < -0.39 is 0 Å². The van der Waals surface area contributed by atoms with E-state index in [1.165, 1.54) is 11.1 Å². The normalized spacial score (nSPS) is 22.5. The van der Waals surface area contributed by atoms with Crippen LogP contribution in [0.25, 0.3) is 0 Å². The Kier molecular flexibility index (Phi) is 2.47. The maximum absolute atomic E-state index is 5.87. The van der Waals surface area contributed by atoms with Crippen LogP contribution in [-0.4, -0.2) is 13.7 Å². The summed E-state index contributed by atoms with van der Waals surface area (Å²) in [6, 6.07) is 6.28. The van der Waals surface area contributed by atoms with Crippen LogP contribution in [-0.2, 0) is 6.42 Å². The molecule has 0 radical (unpaired) electrons. The highest BCUT2D eigenvalue weighted by molar-refractivity contribution is 5.47. The summed E-state index contributed by atoms with van der Waals surface area (Å²) in [5, 5.41) is 0. The van der Waals surface area contributed by atoms with Gasteiger partial charge in [0.1, 0.15) is 5.75 Å². The highest BCUT2D eigenvalue weighted by Gasteiger charge is 2.39. The average molecular weight is 205 g/mol. The summed E-state index contributed by atoms with van der Waals surface area (Å²) in [4.78, 5) is 0. The van der Waals surface area contributed by atoms with Crippen molar-refractivity contribution in [1.29, 1.82) is 0 Å². The van der Waals surface area contributed by atoms with Gasteiger partial charge in [0.15, 0.2) is 0 Å². The van der Waals surface area contributed by atoms with Crippen molar-refractivity contribution in [2.75, 3.05) is 13.7 Å². The first kappa shape index (κ1) is 10.5. The SMILES string of the molecule is COc1cccc2c1CC(C)(C)C2CN. The standard InChI is InChI=1S/C13H19NO/c1-13(2)7-10-9(11(13)8-14)5-4-6-12(10)15-3/h4-6,11H,7-8,14H2,1-3H3. The Morgan fingerprint density at radius 1 is 1.47 bits per heavy atom. The van der Waals surface area contributed by atoms with Crippen LogP contribution < -0.4 is 10.5 Å². The smallest absolute Gasteiger partial charge is 0.122 e. The lowest BCUT2D eigenvalue weighted by molar-refractivity contribution is 0.315. The summed E-state index contributed by atoms with van der Waals surface area (Å²) < 4.78 is 5.40. The second kappa shape index (κ2) is 3.53. The Hall–Kier alpha value is -1.02. The van der Waals surface area contributed by atoms with Crippen molar-refractivity contribution in [2.45, 2.75) is 26.2 Å². The van der Waals surface area contributed by atoms with Crippen molar-refractivity contribution in [3.05, 3.63) is 29.3 Å². The Balaban J connectivity index is 2.51. The minimum atomic E-state index is 0.256. The molecule has 2 nitrogen and oxygen atoms in total. The van der Waals surface area contributed by atoms with E-state index in [4.69, 9.17) is 10.5 Å². The number of hydrogen-bond donors (Lipinski definition) is 1. The number of nitrogens with two attached hydrogens (primary N) is 1. The molecule has 1 aliphatic carbocycles. The number of hydrogen-bond acceptors (Lipinski definition) is 2. The second-order valence-electron chi connectivity index (χ2n) is 4.98. The van der Waals surface area contributed by atoms with Crippen LogP contribution in [0.5, 0.6) is 5.75 Å². The third-order valence-electron chi connectivity index (χ3n) is 3.58. The van der Waals surface area contributed by atoms with E-state index >= 15 is 0 Å². The molecule has 1 aromatic carbocycles. The van der Waals surface area contributed by atoms with Crippen LogP contribution in [0, 0.1) is 5.41 Å². The predicted octanol–water partition coefficient (Wildman–Crippen LogP) is 2.32. The van der Waals surface area contributed by atoms with E-state index in [9.17, 15) is 0 Å². The zero-order chi connectivity index (χ0) is 11.1. The van der Waals surface area contributed by atoms with Crippen molar-refractivity contribution in [3.8, 4) is 5.75 Å². The van der Waals surface area contributed by atoms with Gasteiger partial charge < -0.3 is 10.5 Å². The molecule has 15 heavy (non-hydrogen) atoms. The number of benzene rings is 1. The van der Waals surface area contributed by atoms with Gasteiger partial charge in [-0.25, -0.2) is 0 Å².